The molecule has 4 nitrogen and oxygen atoms in total. The van der Waals surface area contributed by atoms with E-state index in [1.807, 2.05) is 6.20 Å². The minimum Gasteiger partial charge on any atom is -0.507 e. The smallest absolute Gasteiger partial charge is 0.148 e. The first-order valence-corrected chi connectivity index (χ1v) is 27.7. The molecule has 1 aliphatic rings. The quantitative estimate of drug-likeness (QED) is 0.128. The van der Waals surface area contributed by atoms with E-state index in [0.717, 1.165) is 78.0 Å². The SMILES string of the molecule is CC(C)(C)c1ccc(-n2c(-c3cc(C(C)(C)C)cc(C(C)(C)C)c3O)nc3c(-c4[c-]c(-c5cc(-c6ccccc6)ccn5)cc(C5(C)CC[Si](C)(C)CC5)c4)cccc32)c(-c2ccccc2)c1.[Pt]. The summed E-state index contributed by atoms with van der Waals surface area (Å²) in [5.41, 5.74) is 16.1. The summed E-state index contributed by atoms with van der Waals surface area (Å²) in [7, 11) is -1.25. The Morgan fingerprint density at radius 1 is 0.603 bits per heavy atom. The Balaban J connectivity index is 0.00000625. The van der Waals surface area contributed by atoms with Crippen molar-refractivity contribution in [3.05, 3.63) is 168 Å². The van der Waals surface area contributed by atoms with Crippen LogP contribution in [0.4, 0.5) is 0 Å². The zero-order chi connectivity index (χ0) is 47.7. The monoisotopic (exact) mass is 1090 g/mol. The number of phenolic OH excluding ortho intramolecular Hbond substituents is 1. The summed E-state index contributed by atoms with van der Waals surface area (Å²) in [6.07, 6.45) is 4.27. The standard InChI is InChI=1S/C62H68N3OSi.Pt/c1-59(2,3)46-26-27-54(50(38-46)42-22-17-14-18-23-42)65-55-25-19-24-49(56(55)64-58(65)51-39-47(60(4,5)6)40-52(57(51)66)61(7,8)9)44-34-45(36-48(35-44)62(10)29-32-67(11,12)33-30-62)53-37-43(28-31-63-53)41-20-15-13-16-21-41;/h13-28,31,35-40,66H,29-30,32-33H2,1-12H3;/q-1;. The second kappa shape index (κ2) is 18.2. The predicted molar refractivity (Wildman–Crippen MR) is 286 cm³/mol. The second-order valence-corrected chi connectivity index (χ2v) is 28.8. The number of hydrogen-bond acceptors (Lipinski definition) is 3. The van der Waals surface area contributed by atoms with E-state index >= 15 is 0 Å². The Bertz CT molecular complexity index is 3120. The summed E-state index contributed by atoms with van der Waals surface area (Å²) in [6, 6.07) is 54.8. The van der Waals surface area contributed by atoms with Crippen LogP contribution >= 0.6 is 0 Å². The molecule has 1 saturated heterocycles. The molecule has 0 atom stereocenters. The number of rotatable bonds is 7. The Morgan fingerprint density at radius 3 is 1.85 bits per heavy atom. The average molecular weight is 1090 g/mol. The first kappa shape index (κ1) is 49.1. The summed E-state index contributed by atoms with van der Waals surface area (Å²) >= 11 is 0. The van der Waals surface area contributed by atoms with Crippen molar-refractivity contribution in [1.82, 2.24) is 14.5 Å². The molecule has 0 spiro atoms. The second-order valence-electron chi connectivity index (χ2n) is 23.4. The zero-order valence-electron chi connectivity index (χ0n) is 42.2. The van der Waals surface area contributed by atoms with E-state index in [-0.39, 0.29) is 48.5 Å². The molecule has 0 unspecified atom stereocenters. The van der Waals surface area contributed by atoms with E-state index in [4.69, 9.17) is 9.97 Å². The predicted octanol–water partition coefficient (Wildman–Crippen LogP) is 16.9. The number of nitrogens with zero attached hydrogens (tertiary/aromatic N) is 3. The zero-order valence-corrected chi connectivity index (χ0v) is 45.5. The molecular weight excluding hydrogens is 1030 g/mol. The topological polar surface area (TPSA) is 50.9 Å². The molecule has 68 heavy (non-hydrogen) atoms. The van der Waals surface area contributed by atoms with Gasteiger partial charge in [0.2, 0.25) is 0 Å². The first-order valence-electron chi connectivity index (χ1n) is 24.3. The van der Waals surface area contributed by atoms with Crippen molar-refractivity contribution < 1.29 is 26.2 Å². The van der Waals surface area contributed by atoms with Crippen molar-refractivity contribution in [1.29, 1.82) is 0 Å². The van der Waals surface area contributed by atoms with Crippen molar-refractivity contribution in [2.75, 3.05) is 0 Å². The minimum absolute atomic E-state index is 0. The molecule has 2 aromatic heterocycles. The largest absolute Gasteiger partial charge is 0.507 e. The van der Waals surface area contributed by atoms with Gasteiger partial charge in [0.15, 0.2) is 0 Å². The number of aromatic nitrogens is 3. The number of imidazole rings is 1. The van der Waals surface area contributed by atoms with Gasteiger partial charge >= 0.3 is 0 Å². The van der Waals surface area contributed by atoms with Crippen LogP contribution < -0.4 is 0 Å². The fourth-order valence-electron chi connectivity index (χ4n) is 9.95. The van der Waals surface area contributed by atoms with Gasteiger partial charge in [-0.15, -0.1) is 29.3 Å². The van der Waals surface area contributed by atoms with Crippen LogP contribution in [0.3, 0.4) is 0 Å². The normalized spacial score (nSPS) is 15.0. The maximum Gasteiger partial charge on any atom is 0.148 e. The van der Waals surface area contributed by atoms with Gasteiger partial charge in [-0.05, 0) is 92.7 Å². The van der Waals surface area contributed by atoms with Crippen LogP contribution in [0, 0.1) is 6.07 Å². The molecule has 0 saturated carbocycles. The number of aromatic hydroxyl groups is 1. The number of benzene rings is 6. The van der Waals surface area contributed by atoms with Crippen LogP contribution in [-0.4, -0.2) is 27.7 Å². The molecule has 6 aromatic carbocycles. The summed E-state index contributed by atoms with van der Waals surface area (Å²) in [4.78, 5) is 10.8. The van der Waals surface area contributed by atoms with Crippen LogP contribution in [0.15, 0.2) is 140 Å². The Hall–Kier alpha value is -5.35. The molecular formula is C62H68N3OPtSi-. The fraction of sp³-hybridized carbons (Fsp3) is 0.323. The van der Waals surface area contributed by atoms with Gasteiger partial charge in [0, 0.05) is 52.2 Å². The average Bonchev–Trinajstić information content (AvgIpc) is 3.69. The number of pyridine rings is 1. The van der Waals surface area contributed by atoms with Gasteiger partial charge in [-0.25, -0.2) is 4.98 Å². The van der Waals surface area contributed by atoms with E-state index in [0.29, 0.717) is 5.82 Å². The van der Waals surface area contributed by atoms with Crippen LogP contribution in [0.1, 0.15) is 104 Å². The van der Waals surface area contributed by atoms with Crippen LogP contribution in [0.5, 0.6) is 5.75 Å². The molecule has 6 heteroatoms. The van der Waals surface area contributed by atoms with E-state index < -0.39 is 8.07 Å². The summed E-state index contributed by atoms with van der Waals surface area (Å²) in [5.74, 6) is 0.973. The number of fused-ring (bicyclic) bond motifs is 1. The van der Waals surface area contributed by atoms with E-state index in [9.17, 15) is 5.11 Å². The molecule has 1 aliphatic heterocycles. The van der Waals surface area contributed by atoms with Gasteiger partial charge in [-0.1, -0.05) is 197 Å². The Kier molecular flexibility index (Phi) is 13.1. The van der Waals surface area contributed by atoms with Crippen molar-refractivity contribution in [3.8, 4) is 67.5 Å². The first-order chi connectivity index (χ1) is 31.6. The van der Waals surface area contributed by atoms with Gasteiger partial charge in [-0.2, -0.15) is 0 Å². The minimum atomic E-state index is -1.25. The van der Waals surface area contributed by atoms with E-state index in [1.54, 1.807) is 0 Å². The molecule has 0 bridgehead atoms. The molecule has 0 amide bonds. The summed E-state index contributed by atoms with van der Waals surface area (Å²) in [6.45, 7) is 27.7. The summed E-state index contributed by atoms with van der Waals surface area (Å²) < 4.78 is 2.31. The van der Waals surface area contributed by atoms with Crippen molar-refractivity contribution in [2.24, 2.45) is 0 Å². The number of phenols is 1. The van der Waals surface area contributed by atoms with Gasteiger partial charge < -0.3 is 5.11 Å². The van der Waals surface area contributed by atoms with Crippen molar-refractivity contribution in [3.63, 3.8) is 0 Å². The van der Waals surface area contributed by atoms with Gasteiger partial charge in [0.25, 0.3) is 0 Å². The number of para-hydroxylation sites is 1. The molecule has 1 N–H and O–H groups in total. The van der Waals surface area contributed by atoms with Crippen molar-refractivity contribution >= 4 is 19.1 Å². The maximum atomic E-state index is 12.6. The Morgan fingerprint density at radius 2 is 1.22 bits per heavy atom. The molecule has 0 radical (unpaired) electrons. The summed E-state index contributed by atoms with van der Waals surface area (Å²) in [5, 5.41) is 12.6. The molecule has 0 aliphatic carbocycles. The van der Waals surface area contributed by atoms with Crippen LogP contribution in [0.2, 0.25) is 25.2 Å². The van der Waals surface area contributed by atoms with Gasteiger partial charge in [0.1, 0.15) is 11.6 Å². The van der Waals surface area contributed by atoms with Crippen molar-refractivity contribution in [2.45, 2.75) is 129 Å². The Labute approximate surface area is 421 Å². The van der Waals surface area contributed by atoms with E-state index in [2.05, 4.69) is 226 Å². The third-order valence-electron chi connectivity index (χ3n) is 14.6. The van der Waals surface area contributed by atoms with Crippen LogP contribution in [-0.2, 0) is 42.7 Å². The third kappa shape index (κ3) is 9.63. The maximum absolute atomic E-state index is 12.6. The van der Waals surface area contributed by atoms with Crippen LogP contribution in [0.25, 0.3) is 72.7 Å². The number of hydrogen-bond donors (Lipinski definition) is 1. The molecule has 1 fully saturated rings. The van der Waals surface area contributed by atoms with Gasteiger partial charge in [-0.3, -0.25) is 9.55 Å². The fourth-order valence-corrected chi connectivity index (χ4v) is 12.7. The third-order valence-corrected chi connectivity index (χ3v) is 17.8. The molecule has 8 aromatic rings. The van der Waals surface area contributed by atoms with E-state index in [1.165, 1.54) is 36.1 Å². The molecule has 352 valence electrons. The molecule has 3 heterocycles. The van der Waals surface area contributed by atoms with Gasteiger partial charge in [0.05, 0.1) is 22.3 Å². The molecule has 9 rings (SSSR count).